The second kappa shape index (κ2) is 5.88. The van der Waals surface area contributed by atoms with Crippen LogP contribution < -0.4 is 5.32 Å². The molecule has 1 amide bonds. The minimum Gasteiger partial charge on any atom is -0.448 e. The monoisotopic (exact) mass is 314 g/mol. The highest BCUT2D eigenvalue weighted by Gasteiger charge is 2.30. The van der Waals surface area contributed by atoms with Gasteiger partial charge in [0.25, 0.3) is 5.91 Å². The molecule has 2 heterocycles. The smallest absolute Gasteiger partial charge is 0.355 e. The van der Waals surface area contributed by atoms with E-state index in [0.717, 1.165) is 0 Å². The highest BCUT2D eigenvalue weighted by Crippen LogP contribution is 2.12. The molecule has 0 spiro atoms. The molecular formula is C13H18N2O5S. The predicted octanol–water partition coefficient (Wildman–Crippen LogP) is -0.126. The van der Waals surface area contributed by atoms with Gasteiger partial charge in [0.2, 0.25) is 0 Å². The lowest BCUT2D eigenvalue weighted by molar-refractivity contribution is -0.129. The summed E-state index contributed by atoms with van der Waals surface area (Å²) >= 11 is 0. The second-order valence-electron chi connectivity index (χ2n) is 5.16. The molecular weight excluding hydrogens is 296 g/mol. The summed E-state index contributed by atoms with van der Waals surface area (Å²) in [6.07, 6.45) is 1.12. The molecule has 0 saturated carbocycles. The van der Waals surface area contributed by atoms with Gasteiger partial charge in [0.15, 0.2) is 15.9 Å². The first-order chi connectivity index (χ1) is 9.78. The topological polar surface area (TPSA) is 94.5 Å². The molecule has 2 rings (SSSR count). The van der Waals surface area contributed by atoms with Gasteiger partial charge in [0, 0.05) is 19.3 Å². The summed E-state index contributed by atoms with van der Waals surface area (Å²) in [6.45, 7) is 1.46. The van der Waals surface area contributed by atoms with Crippen LogP contribution in [0, 0.1) is 0 Å². The number of aryl methyl sites for hydroxylation is 1. The van der Waals surface area contributed by atoms with Crippen LogP contribution in [0.3, 0.4) is 0 Å². The molecule has 0 radical (unpaired) electrons. The molecule has 7 nitrogen and oxygen atoms in total. The van der Waals surface area contributed by atoms with Crippen LogP contribution in [0.1, 0.15) is 23.8 Å². The SMILES string of the molecule is C[C@@H](OC(=O)c1cccn1C)C(=O)N[C@H]1CCS(=O)(=O)C1. The van der Waals surface area contributed by atoms with Gasteiger partial charge < -0.3 is 14.6 Å². The lowest BCUT2D eigenvalue weighted by atomic mass is 10.2. The van der Waals surface area contributed by atoms with Crippen molar-refractivity contribution in [1.29, 1.82) is 0 Å². The van der Waals surface area contributed by atoms with Crippen LogP contribution in [0.4, 0.5) is 0 Å². The van der Waals surface area contributed by atoms with Gasteiger partial charge in [-0.3, -0.25) is 4.79 Å². The number of ether oxygens (including phenoxy) is 1. The third kappa shape index (κ3) is 3.84. The van der Waals surface area contributed by atoms with E-state index in [2.05, 4.69) is 5.32 Å². The number of nitrogens with one attached hydrogen (secondary N) is 1. The normalized spacial score (nSPS) is 21.7. The Balaban J connectivity index is 1.89. The molecule has 21 heavy (non-hydrogen) atoms. The number of nitrogens with zero attached hydrogens (tertiary/aromatic N) is 1. The highest BCUT2D eigenvalue weighted by molar-refractivity contribution is 7.91. The molecule has 1 saturated heterocycles. The predicted molar refractivity (Wildman–Crippen MR) is 75.5 cm³/mol. The van der Waals surface area contributed by atoms with Crippen molar-refractivity contribution in [3.05, 3.63) is 24.0 Å². The number of sulfone groups is 1. The van der Waals surface area contributed by atoms with E-state index in [0.29, 0.717) is 12.1 Å². The Morgan fingerprint density at radius 3 is 2.71 bits per heavy atom. The summed E-state index contributed by atoms with van der Waals surface area (Å²) in [6, 6.07) is 2.89. The number of esters is 1. The molecule has 0 aliphatic carbocycles. The lowest BCUT2D eigenvalue weighted by Crippen LogP contribution is -2.42. The molecule has 0 unspecified atom stereocenters. The molecule has 2 atom stereocenters. The fraction of sp³-hybridized carbons (Fsp3) is 0.538. The first-order valence-electron chi connectivity index (χ1n) is 6.61. The Morgan fingerprint density at radius 2 is 2.19 bits per heavy atom. The summed E-state index contributed by atoms with van der Waals surface area (Å²) in [7, 11) is -1.36. The van der Waals surface area contributed by atoms with E-state index in [1.54, 1.807) is 29.9 Å². The van der Waals surface area contributed by atoms with Crippen LogP contribution >= 0.6 is 0 Å². The Hall–Kier alpha value is -1.83. The first kappa shape index (κ1) is 15.6. The van der Waals surface area contributed by atoms with Crippen LogP contribution in [0.25, 0.3) is 0 Å². The van der Waals surface area contributed by atoms with Crippen LogP contribution in [-0.4, -0.2) is 48.5 Å². The van der Waals surface area contributed by atoms with Crippen LogP contribution in [0.2, 0.25) is 0 Å². The lowest BCUT2D eigenvalue weighted by Gasteiger charge is -2.16. The summed E-state index contributed by atoms with van der Waals surface area (Å²) in [5, 5.41) is 2.60. The van der Waals surface area contributed by atoms with Crippen molar-refractivity contribution in [2.24, 2.45) is 7.05 Å². The average molecular weight is 314 g/mol. The van der Waals surface area contributed by atoms with Gasteiger partial charge in [-0.05, 0) is 25.5 Å². The highest BCUT2D eigenvalue weighted by atomic mass is 32.2. The molecule has 8 heteroatoms. The van der Waals surface area contributed by atoms with Crippen molar-refractivity contribution >= 4 is 21.7 Å². The van der Waals surface area contributed by atoms with Crippen LogP contribution in [0.5, 0.6) is 0 Å². The largest absolute Gasteiger partial charge is 0.448 e. The maximum atomic E-state index is 11.9. The molecule has 1 N–H and O–H groups in total. The number of carbonyl (C=O) groups excluding carboxylic acids is 2. The summed E-state index contributed by atoms with van der Waals surface area (Å²) in [5.41, 5.74) is 0.345. The van der Waals surface area contributed by atoms with Crippen molar-refractivity contribution in [3.63, 3.8) is 0 Å². The quantitative estimate of drug-likeness (QED) is 0.782. The Labute approximate surface area is 123 Å². The van der Waals surface area contributed by atoms with E-state index in [9.17, 15) is 18.0 Å². The summed E-state index contributed by atoms with van der Waals surface area (Å²) < 4.78 is 29.3. The van der Waals surface area contributed by atoms with Crippen LogP contribution in [-0.2, 0) is 26.4 Å². The molecule has 0 bridgehead atoms. The van der Waals surface area contributed by atoms with E-state index in [1.165, 1.54) is 6.92 Å². The molecule has 1 aliphatic rings. The molecule has 1 aromatic rings. The van der Waals surface area contributed by atoms with E-state index in [-0.39, 0.29) is 11.5 Å². The van der Waals surface area contributed by atoms with Gasteiger partial charge in [-0.15, -0.1) is 0 Å². The maximum Gasteiger partial charge on any atom is 0.355 e. The Morgan fingerprint density at radius 1 is 1.48 bits per heavy atom. The molecule has 1 aliphatic heterocycles. The molecule has 1 fully saturated rings. The summed E-state index contributed by atoms with van der Waals surface area (Å²) in [4.78, 5) is 23.8. The number of rotatable bonds is 4. The van der Waals surface area contributed by atoms with E-state index < -0.39 is 33.9 Å². The molecule has 0 aromatic carbocycles. The maximum absolute atomic E-state index is 11.9. The van der Waals surface area contributed by atoms with E-state index >= 15 is 0 Å². The van der Waals surface area contributed by atoms with Crippen molar-refractivity contribution in [2.75, 3.05) is 11.5 Å². The minimum absolute atomic E-state index is 0.0583. The molecule has 116 valence electrons. The van der Waals surface area contributed by atoms with Gasteiger partial charge in [-0.1, -0.05) is 0 Å². The fourth-order valence-corrected chi connectivity index (χ4v) is 3.85. The van der Waals surface area contributed by atoms with Gasteiger partial charge in [0.05, 0.1) is 11.5 Å². The number of amides is 1. The van der Waals surface area contributed by atoms with Crippen LogP contribution in [0.15, 0.2) is 18.3 Å². The van der Waals surface area contributed by atoms with E-state index in [1.807, 2.05) is 0 Å². The molecule has 1 aromatic heterocycles. The number of carbonyl (C=O) groups is 2. The summed E-state index contributed by atoms with van der Waals surface area (Å²) in [5.74, 6) is -1.06. The zero-order valence-corrected chi connectivity index (χ0v) is 12.7. The van der Waals surface area contributed by atoms with Crippen molar-refractivity contribution in [3.8, 4) is 0 Å². The number of hydrogen-bond acceptors (Lipinski definition) is 5. The average Bonchev–Trinajstić information content (AvgIpc) is 2.95. The third-order valence-electron chi connectivity index (χ3n) is 3.38. The van der Waals surface area contributed by atoms with Gasteiger partial charge in [0.1, 0.15) is 5.69 Å². The third-order valence-corrected chi connectivity index (χ3v) is 5.15. The second-order valence-corrected chi connectivity index (χ2v) is 7.39. The van der Waals surface area contributed by atoms with Crippen molar-refractivity contribution in [1.82, 2.24) is 9.88 Å². The number of hydrogen-bond donors (Lipinski definition) is 1. The minimum atomic E-state index is -3.06. The van der Waals surface area contributed by atoms with Gasteiger partial charge in [-0.2, -0.15) is 0 Å². The first-order valence-corrected chi connectivity index (χ1v) is 8.44. The fourth-order valence-electron chi connectivity index (χ4n) is 2.18. The number of aromatic nitrogens is 1. The zero-order chi connectivity index (χ0) is 15.6. The Kier molecular flexibility index (Phi) is 4.36. The van der Waals surface area contributed by atoms with Gasteiger partial charge >= 0.3 is 5.97 Å². The standard InChI is InChI=1S/C13H18N2O5S/c1-9(20-13(17)11-4-3-6-15(11)2)12(16)14-10-5-7-21(18,19)8-10/h3-4,6,9-10H,5,7-8H2,1-2H3,(H,14,16)/t9-,10+/m1/s1. The van der Waals surface area contributed by atoms with Crippen molar-refractivity contribution < 1.29 is 22.7 Å². The Bertz CT molecular complexity index is 649. The van der Waals surface area contributed by atoms with Gasteiger partial charge in [-0.25, -0.2) is 13.2 Å². The van der Waals surface area contributed by atoms with E-state index in [4.69, 9.17) is 4.74 Å². The zero-order valence-electron chi connectivity index (χ0n) is 11.9. The van der Waals surface area contributed by atoms with Crippen molar-refractivity contribution in [2.45, 2.75) is 25.5 Å².